The largest absolute Gasteiger partial charge is 0.399 e. The van der Waals surface area contributed by atoms with Gasteiger partial charge in [-0.2, -0.15) is 11.8 Å². The Morgan fingerprint density at radius 3 is 2.73 bits per heavy atom. The molecule has 0 aliphatic carbocycles. The third-order valence-electron chi connectivity index (χ3n) is 2.11. The number of hydrogen-bond acceptors (Lipinski definition) is 3. The van der Waals surface area contributed by atoms with Crippen LogP contribution in [0.25, 0.3) is 0 Å². The molecule has 84 valence electrons. The van der Waals surface area contributed by atoms with Crippen LogP contribution >= 0.6 is 23.4 Å². The molecule has 0 saturated heterocycles. The lowest BCUT2D eigenvalue weighted by Gasteiger charge is -2.16. The molecule has 4 heteroatoms. The molecule has 1 rings (SSSR count). The van der Waals surface area contributed by atoms with Crippen LogP contribution in [0.3, 0.4) is 0 Å². The summed E-state index contributed by atoms with van der Waals surface area (Å²) in [6, 6.07) is 5.71. The van der Waals surface area contributed by atoms with E-state index in [-0.39, 0.29) is 0 Å². The molecule has 0 atom stereocenters. The lowest BCUT2D eigenvalue weighted by atomic mass is 10.2. The second-order valence-electron chi connectivity index (χ2n) is 3.62. The van der Waals surface area contributed by atoms with Gasteiger partial charge in [-0.05, 0) is 37.1 Å². The highest BCUT2D eigenvalue weighted by atomic mass is 35.5. The molecule has 0 amide bonds. The Morgan fingerprint density at radius 2 is 2.13 bits per heavy atom. The Hall–Kier alpha value is -0.380. The number of anilines is 1. The van der Waals surface area contributed by atoms with Gasteiger partial charge in [0.1, 0.15) is 0 Å². The van der Waals surface area contributed by atoms with E-state index in [0.717, 1.165) is 24.5 Å². The number of halogens is 1. The quantitative estimate of drug-likeness (QED) is 0.808. The SMILES string of the molecule is CSCCN(C)Cc1cc(N)cc(Cl)c1. The first-order chi connectivity index (χ1) is 7.11. The molecule has 0 unspecified atom stereocenters. The van der Waals surface area contributed by atoms with E-state index in [1.54, 1.807) is 6.07 Å². The lowest BCUT2D eigenvalue weighted by Crippen LogP contribution is -2.20. The molecule has 0 radical (unpaired) electrons. The summed E-state index contributed by atoms with van der Waals surface area (Å²) in [7, 11) is 2.10. The van der Waals surface area contributed by atoms with Gasteiger partial charge in [0.15, 0.2) is 0 Å². The van der Waals surface area contributed by atoms with E-state index in [9.17, 15) is 0 Å². The predicted octanol–water partition coefficient (Wildman–Crippen LogP) is 2.72. The summed E-state index contributed by atoms with van der Waals surface area (Å²) in [5.74, 6) is 1.15. The van der Waals surface area contributed by atoms with Crippen molar-refractivity contribution in [2.45, 2.75) is 6.54 Å². The topological polar surface area (TPSA) is 29.3 Å². The van der Waals surface area contributed by atoms with Gasteiger partial charge in [0.25, 0.3) is 0 Å². The first kappa shape index (κ1) is 12.7. The van der Waals surface area contributed by atoms with Gasteiger partial charge in [0, 0.05) is 29.6 Å². The standard InChI is InChI=1S/C11H17ClN2S/c1-14(3-4-15-2)8-9-5-10(12)7-11(13)6-9/h5-7H,3-4,8,13H2,1-2H3. The predicted molar refractivity (Wildman–Crippen MR) is 70.6 cm³/mol. The summed E-state index contributed by atoms with van der Waals surface area (Å²) >= 11 is 7.79. The molecule has 0 spiro atoms. The second kappa shape index (κ2) is 6.26. The molecule has 0 aromatic heterocycles. The van der Waals surface area contributed by atoms with E-state index < -0.39 is 0 Å². The van der Waals surface area contributed by atoms with Crippen molar-refractivity contribution in [2.24, 2.45) is 0 Å². The molecule has 2 nitrogen and oxygen atoms in total. The van der Waals surface area contributed by atoms with E-state index in [2.05, 4.69) is 18.2 Å². The molecule has 0 aliphatic heterocycles. The molecule has 0 fully saturated rings. The molecule has 0 heterocycles. The average molecular weight is 245 g/mol. The number of nitrogen functional groups attached to an aromatic ring is 1. The zero-order chi connectivity index (χ0) is 11.3. The van der Waals surface area contributed by atoms with Gasteiger partial charge in [0.2, 0.25) is 0 Å². The number of nitrogens with two attached hydrogens (primary N) is 1. The maximum absolute atomic E-state index is 5.94. The third-order valence-corrected chi connectivity index (χ3v) is 2.92. The fraction of sp³-hybridized carbons (Fsp3) is 0.455. The van der Waals surface area contributed by atoms with E-state index >= 15 is 0 Å². The van der Waals surface area contributed by atoms with Crippen molar-refractivity contribution >= 4 is 29.1 Å². The molecular formula is C11H17ClN2S. The highest BCUT2D eigenvalue weighted by Crippen LogP contribution is 2.17. The molecule has 2 N–H and O–H groups in total. The zero-order valence-electron chi connectivity index (χ0n) is 9.16. The van der Waals surface area contributed by atoms with Crippen molar-refractivity contribution in [3.63, 3.8) is 0 Å². The molecule has 0 bridgehead atoms. The summed E-state index contributed by atoms with van der Waals surface area (Å²) in [5.41, 5.74) is 7.63. The van der Waals surface area contributed by atoms with Gasteiger partial charge in [-0.1, -0.05) is 11.6 Å². The molecule has 1 aromatic carbocycles. The second-order valence-corrected chi connectivity index (χ2v) is 5.05. The van der Waals surface area contributed by atoms with Gasteiger partial charge in [0.05, 0.1) is 0 Å². The maximum Gasteiger partial charge on any atom is 0.0429 e. The van der Waals surface area contributed by atoms with Gasteiger partial charge >= 0.3 is 0 Å². The summed E-state index contributed by atoms with van der Waals surface area (Å²) < 4.78 is 0. The van der Waals surface area contributed by atoms with Crippen LogP contribution in [0.2, 0.25) is 5.02 Å². The van der Waals surface area contributed by atoms with Crippen LogP contribution in [0, 0.1) is 0 Å². The van der Waals surface area contributed by atoms with Gasteiger partial charge in [-0.15, -0.1) is 0 Å². The number of hydrogen-bond donors (Lipinski definition) is 1. The summed E-state index contributed by atoms with van der Waals surface area (Å²) in [6.45, 7) is 1.97. The van der Waals surface area contributed by atoms with Crippen LogP contribution in [0.5, 0.6) is 0 Å². The number of nitrogens with zero attached hydrogens (tertiary/aromatic N) is 1. The van der Waals surface area contributed by atoms with Crippen LogP contribution in [0.1, 0.15) is 5.56 Å². The molecule has 0 aliphatic rings. The molecule has 1 aromatic rings. The van der Waals surface area contributed by atoms with Gasteiger partial charge in [-0.3, -0.25) is 0 Å². The van der Waals surface area contributed by atoms with Crippen LogP contribution in [0.15, 0.2) is 18.2 Å². The van der Waals surface area contributed by atoms with Crippen LogP contribution in [0.4, 0.5) is 5.69 Å². The minimum absolute atomic E-state index is 0.711. The monoisotopic (exact) mass is 244 g/mol. The van der Waals surface area contributed by atoms with Gasteiger partial charge in [-0.25, -0.2) is 0 Å². The van der Waals surface area contributed by atoms with Gasteiger partial charge < -0.3 is 10.6 Å². The first-order valence-electron chi connectivity index (χ1n) is 4.84. The number of rotatable bonds is 5. The Labute approximate surface area is 101 Å². The smallest absolute Gasteiger partial charge is 0.0429 e. The Morgan fingerprint density at radius 1 is 1.40 bits per heavy atom. The molecular weight excluding hydrogens is 228 g/mol. The highest BCUT2D eigenvalue weighted by Gasteiger charge is 2.02. The van der Waals surface area contributed by atoms with Crippen molar-refractivity contribution in [1.29, 1.82) is 0 Å². The zero-order valence-corrected chi connectivity index (χ0v) is 10.7. The van der Waals surface area contributed by atoms with Crippen molar-refractivity contribution in [3.8, 4) is 0 Å². The van der Waals surface area contributed by atoms with Crippen LogP contribution < -0.4 is 5.73 Å². The van der Waals surface area contributed by atoms with E-state index in [1.807, 2.05) is 23.9 Å². The Bertz CT molecular complexity index is 297. The summed E-state index contributed by atoms with van der Waals surface area (Å²) in [5, 5.41) is 0.711. The minimum atomic E-state index is 0.711. The van der Waals surface area contributed by atoms with Crippen molar-refractivity contribution in [2.75, 3.05) is 31.3 Å². The lowest BCUT2D eigenvalue weighted by molar-refractivity contribution is 0.349. The fourth-order valence-electron chi connectivity index (χ4n) is 1.40. The fourth-order valence-corrected chi connectivity index (χ4v) is 2.16. The summed E-state index contributed by atoms with van der Waals surface area (Å²) in [6.07, 6.45) is 2.12. The Kier molecular flexibility index (Phi) is 5.29. The molecule has 15 heavy (non-hydrogen) atoms. The van der Waals surface area contributed by atoms with Crippen LogP contribution in [-0.2, 0) is 6.54 Å². The third kappa shape index (κ3) is 4.78. The Balaban J connectivity index is 2.56. The van der Waals surface area contributed by atoms with E-state index in [4.69, 9.17) is 17.3 Å². The van der Waals surface area contributed by atoms with E-state index in [1.165, 1.54) is 5.56 Å². The van der Waals surface area contributed by atoms with Crippen molar-refractivity contribution in [1.82, 2.24) is 4.90 Å². The maximum atomic E-state index is 5.94. The highest BCUT2D eigenvalue weighted by molar-refractivity contribution is 7.98. The average Bonchev–Trinajstić information content (AvgIpc) is 2.13. The summed E-state index contributed by atoms with van der Waals surface area (Å²) in [4.78, 5) is 2.27. The van der Waals surface area contributed by atoms with Crippen molar-refractivity contribution in [3.05, 3.63) is 28.8 Å². The number of thioether (sulfide) groups is 1. The van der Waals surface area contributed by atoms with Crippen molar-refractivity contribution < 1.29 is 0 Å². The van der Waals surface area contributed by atoms with Crippen LogP contribution in [-0.4, -0.2) is 30.5 Å². The minimum Gasteiger partial charge on any atom is -0.399 e. The molecule has 0 saturated carbocycles. The van der Waals surface area contributed by atoms with E-state index in [0.29, 0.717) is 5.02 Å². The normalized spacial score (nSPS) is 10.9. The number of benzene rings is 1. The first-order valence-corrected chi connectivity index (χ1v) is 6.61.